The average Bonchev–Trinajstić information content (AvgIpc) is 2.31. The van der Waals surface area contributed by atoms with Crippen LogP contribution in [0.3, 0.4) is 0 Å². The molecule has 0 aliphatic carbocycles. The molecule has 0 bridgehead atoms. The van der Waals surface area contributed by atoms with Crippen LogP contribution < -0.4 is 5.73 Å². The summed E-state index contributed by atoms with van der Waals surface area (Å²) < 4.78 is 0. The number of hydrogen-bond acceptors (Lipinski definition) is 1. The molecule has 2 unspecified atom stereocenters. The van der Waals surface area contributed by atoms with Gasteiger partial charge in [-0.25, -0.2) is 0 Å². The summed E-state index contributed by atoms with van der Waals surface area (Å²) in [6, 6.07) is 0. The first-order valence-corrected chi connectivity index (χ1v) is 7.56. The van der Waals surface area contributed by atoms with E-state index in [1.165, 1.54) is 6.42 Å². The highest BCUT2D eigenvalue weighted by molar-refractivity contribution is 4.82. The van der Waals surface area contributed by atoms with Crippen molar-refractivity contribution >= 4 is 0 Å². The molecule has 0 spiro atoms. The molecule has 0 fully saturated rings. The maximum atomic E-state index is 6.21. The molecule has 2 atom stereocenters. The van der Waals surface area contributed by atoms with Gasteiger partial charge in [-0.3, -0.25) is 0 Å². The maximum absolute atomic E-state index is 6.21. The van der Waals surface area contributed by atoms with E-state index in [0.29, 0.717) is 5.92 Å². The summed E-state index contributed by atoms with van der Waals surface area (Å²) in [7, 11) is 0. The minimum Gasteiger partial charge on any atom is -0.325 e. The van der Waals surface area contributed by atoms with Gasteiger partial charge in [0.05, 0.1) is 0 Å². The molecule has 2 N–H and O–H groups in total. The highest BCUT2D eigenvalue weighted by Crippen LogP contribution is 2.24. The van der Waals surface area contributed by atoms with E-state index in [0.717, 1.165) is 18.3 Å². The summed E-state index contributed by atoms with van der Waals surface area (Å²) >= 11 is 0. The predicted molar refractivity (Wildman–Crippen MR) is 83.4 cm³/mol. The van der Waals surface area contributed by atoms with Crippen LogP contribution in [-0.2, 0) is 0 Å². The molecule has 0 amide bonds. The summed E-state index contributed by atoms with van der Waals surface area (Å²) in [5, 5.41) is 0. The lowest BCUT2D eigenvalue weighted by Crippen LogP contribution is -2.42. The van der Waals surface area contributed by atoms with Crippen molar-refractivity contribution in [2.24, 2.45) is 23.5 Å². The van der Waals surface area contributed by atoms with Crippen molar-refractivity contribution in [3.63, 3.8) is 0 Å². The van der Waals surface area contributed by atoms with Gasteiger partial charge in [0.2, 0.25) is 0 Å². The Morgan fingerprint density at radius 3 is 1.47 bits per heavy atom. The Morgan fingerprint density at radius 1 is 0.882 bits per heavy atom. The number of hydrogen-bond donors (Lipinski definition) is 1. The molecule has 0 aliphatic rings. The van der Waals surface area contributed by atoms with E-state index in [-0.39, 0.29) is 5.54 Å². The second-order valence-corrected chi connectivity index (χ2v) is 5.42. The lowest BCUT2D eigenvalue weighted by atomic mass is 9.81. The fourth-order valence-electron chi connectivity index (χ4n) is 1.16. The van der Waals surface area contributed by atoms with E-state index in [1.807, 2.05) is 27.7 Å². The third kappa shape index (κ3) is 12.2. The van der Waals surface area contributed by atoms with Crippen molar-refractivity contribution in [2.75, 3.05) is 0 Å². The fraction of sp³-hybridized carbons (Fsp3) is 1.00. The quantitative estimate of drug-likeness (QED) is 0.681. The average molecular weight is 245 g/mol. The first-order valence-electron chi connectivity index (χ1n) is 7.56. The lowest BCUT2D eigenvalue weighted by molar-refractivity contribution is 0.269. The monoisotopic (exact) mass is 245 g/mol. The van der Waals surface area contributed by atoms with Gasteiger partial charge in [-0.2, -0.15) is 0 Å². The van der Waals surface area contributed by atoms with Crippen molar-refractivity contribution in [1.29, 1.82) is 0 Å². The minimum absolute atomic E-state index is 0.0170. The zero-order valence-electron chi connectivity index (χ0n) is 14.2. The molecule has 0 heterocycles. The Hall–Kier alpha value is -0.0400. The van der Waals surface area contributed by atoms with Crippen LogP contribution in [0.5, 0.6) is 0 Å². The topological polar surface area (TPSA) is 26.0 Å². The fourth-order valence-corrected chi connectivity index (χ4v) is 1.16. The SMILES string of the molecule is CC.CC.CC(C)C(C)CCC(C)(N)C(C)C. The van der Waals surface area contributed by atoms with Crippen LogP contribution in [0.4, 0.5) is 0 Å². The first kappa shape index (κ1) is 22.2. The van der Waals surface area contributed by atoms with Gasteiger partial charge in [-0.05, 0) is 37.5 Å². The van der Waals surface area contributed by atoms with E-state index in [2.05, 4.69) is 41.5 Å². The Balaban J connectivity index is -0.000000439. The molecule has 0 aromatic heterocycles. The third-order valence-corrected chi connectivity index (χ3v) is 3.60. The molecule has 0 aromatic rings. The van der Waals surface area contributed by atoms with Crippen LogP contribution in [0.25, 0.3) is 0 Å². The zero-order valence-corrected chi connectivity index (χ0v) is 14.2. The molecule has 0 aliphatic heterocycles. The molecule has 0 radical (unpaired) electrons. The smallest absolute Gasteiger partial charge is 0.0149 e. The summed E-state index contributed by atoms with van der Waals surface area (Å²) in [4.78, 5) is 0. The Kier molecular flexibility index (Phi) is 16.2. The second-order valence-electron chi connectivity index (χ2n) is 5.42. The van der Waals surface area contributed by atoms with E-state index in [9.17, 15) is 0 Å². The second kappa shape index (κ2) is 12.4. The standard InChI is InChI=1S/C12H27N.2C2H6/c1-9(2)11(5)7-8-12(6,13)10(3)4;2*1-2/h9-11H,7-8,13H2,1-6H3;2*1-2H3. The van der Waals surface area contributed by atoms with Crippen molar-refractivity contribution in [2.45, 2.75) is 87.6 Å². The third-order valence-electron chi connectivity index (χ3n) is 3.60. The molecule has 1 nitrogen and oxygen atoms in total. The molecule has 0 saturated heterocycles. The summed E-state index contributed by atoms with van der Waals surface area (Å²) in [6.07, 6.45) is 2.40. The van der Waals surface area contributed by atoms with Crippen molar-refractivity contribution in [3.8, 4) is 0 Å². The molecular formula is C16H39N. The van der Waals surface area contributed by atoms with Crippen LogP contribution >= 0.6 is 0 Å². The van der Waals surface area contributed by atoms with Gasteiger partial charge in [-0.15, -0.1) is 0 Å². The zero-order chi connectivity index (χ0) is 14.6. The minimum atomic E-state index is 0.0170. The Bertz CT molecular complexity index is 136. The van der Waals surface area contributed by atoms with Gasteiger partial charge < -0.3 is 5.73 Å². The lowest BCUT2D eigenvalue weighted by Gasteiger charge is -2.31. The van der Waals surface area contributed by atoms with Crippen molar-refractivity contribution in [1.82, 2.24) is 0 Å². The van der Waals surface area contributed by atoms with Gasteiger partial charge in [0, 0.05) is 5.54 Å². The molecule has 0 aromatic carbocycles. The Labute approximate surface area is 112 Å². The van der Waals surface area contributed by atoms with Crippen LogP contribution in [0.1, 0.15) is 82.1 Å². The van der Waals surface area contributed by atoms with Crippen LogP contribution in [0, 0.1) is 17.8 Å². The van der Waals surface area contributed by atoms with Gasteiger partial charge in [0.25, 0.3) is 0 Å². The highest BCUT2D eigenvalue weighted by atomic mass is 14.7. The first-order chi connectivity index (χ1) is 7.77. The maximum Gasteiger partial charge on any atom is 0.0149 e. The number of nitrogens with two attached hydrogens (primary N) is 1. The van der Waals surface area contributed by atoms with E-state index in [4.69, 9.17) is 5.73 Å². The largest absolute Gasteiger partial charge is 0.325 e. The molecule has 1 heteroatoms. The van der Waals surface area contributed by atoms with Gasteiger partial charge in [0.15, 0.2) is 0 Å². The van der Waals surface area contributed by atoms with E-state index in [1.54, 1.807) is 0 Å². The van der Waals surface area contributed by atoms with Crippen molar-refractivity contribution in [3.05, 3.63) is 0 Å². The summed E-state index contributed by atoms with van der Waals surface area (Å²) in [6.45, 7) is 21.5. The molecule has 17 heavy (non-hydrogen) atoms. The van der Waals surface area contributed by atoms with Crippen LogP contribution in [0.2, 0.25) is 0 Å². The van der Waals surface area contributed by atoms with Gasteiger partial charge in [0.1, 0.15) is 0 Å². The van der Waals surface area contributed by atoms with E-state index >= 15 is 0 Å². The summed E-state index contributed by atoms with van der Waals surface area (Å²) in [5.41, 5.74) is 6.22. The molecule has 108 valence electrons. The Morgan fingerprint density at radius 2 is 1.24 bits per heavy atom. The normalized spacial score (nSPS) is 15.4. The van der Waals surface area contributed by atoms with Crippen LogP contribution in [-0.4, -0.2) is 5.54 Å². The molecular weight excluding hydrogens is 206 g/mol. The highest BCUT2D eigenvalue weighted by Gasteiger charge is 2.23. The number of rotatable bonds is 5. The van der Waals surface area contributed by atoms with Crippen molar-refractivity contribution < 1.29 is 0 Å². The van der Waals surface area contributed by atoms with Crippen LogP contribution in [0.15, 0.2) is 0 Å². The van der Waals surface area contributed by atoms with Gasteiger partial charge in [-0.1, -0.05) is 62.3 Å². The predicted octanol–water partition coefficient (Wildman–Crippen LogP) is 5.48. The molecule has 0 rings (SSSR count). The molecule has 0 saturated carbocycles. The van der Waals surface area contributed by atoms with Gasteiger partial charge >= 0.3 is 0 Å². The summed E-state index contributed by atoms with van der Waals surface area (Å²) in [5.74, 6) is 2.15. The van der Waals surface area contributed by atoms with E-state index < -0.39 is 0 Å².